The number of carbonyl (C=O) groups excluding carboxylic acids is 1. The average molecular weight is 635 g/mol. The molecule has 0 aliphatic heterocycles. The first-order valence-electron chi connectivity index (χ1n) is 17.9. The van der Waals surface area contributed by atoms with Gasteiger partial charge in [-0.1, -0.05) is 104 Å². The Balaban J connectivity index is 3.14. The van der Waals surface area contributed by atoms with Crippen LogP contribution in [0, 0.1) is 5.92 Å². The molecule has 1 unspecified atom stereocenters. The topological polar surface area (TPSA) is 90.9 Å². The van der Waals surface area contributed by atoms with Gasteiger partial charge in [-0.3, -0.25) is 4.79 Å². The van der Waals surface area contributed by atoms with E-state index in [1.807, 2.05) is 0 Å². The van der Waals surface area contributed by atoms with E-state index in [1.54, 1.807) is 0 Å². The third-order valence-corrected chi connectivity index (χ3v) is 7.31. The van der Waals surface area contributed by atoms with Crippen molar-refractivity contribution >= 4 is 5.97 Å². The lowest BCUT2D eigenvalue weighted by molar-refractivity contribution is -0.145. The summed E-state index contributed by atoms with van der Waals surface area (Å²) in [6, 6.07) is 0. The summed E-state index contributed by atoms with van der Waals surface area (Å²) in [6.07, 6.45) is 18.5. The normalized spacial score (nSPS) is 12.2. The van der Waals surface area contributed by atoms with Gasteiger partial charge in [0.15, 0.2) is 0 Å². The summed E-state index contributed by atoms with van der Waals surface area (Å²) in [5, 5.41) is 0. The number of rotatable bonds is 38. The highest BCUT2D eigenvalue weighted by molar-refractivity contribution is 5.69. The van der Waals surface area contributed by atoms with Gasteiger partial charge in [-0.15, -0.1) is 0 Å². The van der Waals surface area contributed by atoms with Crippen molar-refractivity contribution in [1.29, 1.82) is 0 Å². The van der Waals surface area contributed by atoms with Gasteiger partial charge in [-0.25, -0.2) is 0 Å². The van der Waals surface area contributed by atoms with Gasteiger partial charge in [-0.05, 0) is 12.3 Å². The molecule has 0 saturated heterocycles. The lowest BCUT2D eigenvalue weighted by Crippen LogP contribution is -2.15. The van der Waals surface area contributed by atoms with E-state index >= 15 is 0 Å². The minimum atomic E-state index is -0.124. The van der Waals surface area contributed by atoms with E-state index in [9.17, 15) is 4.79 Å². The molecule has 0 bridgehead atoms. The van der Waals surface area contributed by atoms with Crippen LogP contribution in [0.25, 0.3) is 0 Å². The number of carbonyl (C=O) groups is 1. The molecule has 44 heavy (non-hydrogen) atoms. The number of unbranched alkanes of at least 4 members (excludes halogenated alkanes) is 12. The smallest absolute Gasteiger partial charge is 0.305 e. The lowest BCUT2D eigenvalue weighted by Gasteiger charge is -2.10. The maximum Gasteiger partial charge on any atom is 0.305 e. The fourth-order valence-corrected chi connectivity index (χ4v) is 4.30. The first-order chi connectivity index (χ1) is 21.7. The predicted molar refractivity (Wildman–Crippen MR) is 176 cm³/mol. The van der Waals surface area contributed by atoms with Crippen molar-refractivity contribution < 1.29 is 42.7 Å². The summed E-state index contributed by atoms with van der Waals surface area (Å²) < 4.78 is 43.6. The van der Waals surface area contributed by atoms with E-state index in [0.29, 0.717) is 105 Å². The maximum atomic E-state index is 11.8. The molecule has 0 aromatic rings. The Morgan fingerprint density at radius 1 is 0.432 bits per heavy atom. The number of hydrogen-bond acceptors (Lipinski definition) is 9. The van der Waals surface area contributed by atoms with Gasteiger partial charge in [0.05, 0.1) is 85.9 Å². The molecule has 1 atom stereocenters. The minimum Gasteiger partial charge on any atom is -0.463 e. The van der Waals surface area contributed by atoms with Crippen LogP contribution in [0.3, 0.4) is 0 Å². The van der Waals surface area contributed by atoms with Gasteiger partial charge >= 0.3 is 5.97 Å². The fourth-order valence-electron chi connectivity index (χ4n) is 4.30. The molecule has 0 aromatic heterocycles. The van der Waals surface area contributed by atoms with Crippen LogP contribution in [0.2, 0.25) is 0 Å². The zero-order valence-corrected chi connectivity index (χ0v) is 29.0. The van der Waals surface area contributed by atoms with E-state index in [4.69, 9.17) is 37.9 Å². The van der Waals surface area contributed by atoms with Gasteiger partial charge < -0.3 is 37.9 Å². The summed E-state index contributed by atoms with van der Waals surface area (Å²) in [5.41, 5.74) is 0. The fraction of sp³-hybridized carbons (Fsp3) is 0.971. The van der Waals surface area contributed by atoms with Crippen LogP contribution in [0.15, 0.2) is 0 Å². The highest BCUT2D eigenvalue weighted by Crippen LogP contribution is 2.13. The first-order valence-corrected chi connectivity index (χ1v) is 17.9. The molecule has 0 saturated carbocycles. The van der Waals surface area contributed by atoms with Crippen LogP contribution in [-0.4, -0.2) is 105 Å². The largest absolute Gasteiger partial charge is 0.463 e. The van der Waals surface area contributed by atoms with Crippen LogP contribution in [0.4, 0.5) is 0 Å². The molecule has 0 radical (unpaired) electrons. The van der Waals surface area contributed by atoms with Crippen molar-refractivity contribution in [2.45, 2.75) is 117 Å². The van der Waals surface area contributed by atoms with E-state index in [0.717, 1.165) is 25.9 Å². The second kappa shape index (κ2) is 38.4. The van der Waals surface area contributed by atoms with Crippen molar-refractivity contribution in [3.05, 3.63) is 0 Å². The molecular formula is C35H70O9. The van der Waals surface area contributed by atoms with Crippen LogP contribution >= 0.6 is 0 Å². The van der Waals surface area contributed by atoms with Crippen LogP contribution in [-0.2, 0) is 42.7 Å². The summed E-state index contributed by atoms with van der Waals surface area (Å²) in [7, 11) is 0. The second-order valence-electron chi connectivity index (χ2n) is 11.5. The summed E-state index contributed by atoms with van der Waals surface area (Å²) >= 11 is 0. The molecule has 0 aromatic carbocycles. The van der Waals surface area contributed by atoms with Gasteiger partial charge in [0.1, 0.15) is 6.61 Å². The van der Waals surface area contributed by atoms with Crippen molar-refractivity contribution in [3.8, 4) is 0 Å². The molecular weight excluding hydrogens is 564 g/mol. The van der Waals surface area contributed by atoms with Gasteiger partial charge in [0, 0.05) is 13.0 Å². The third-order valence-electron chi connectivity index (χ3n) is 7.31. The Kier molecular flexibility index (Phi) is 37.7. The first kappa shape index (κ1) is 43.2. The quantitative estimate of drug-likeness (QED) is 0.0518. The van der Waals surface area contributed by atoms with Crippen molar-refractivity contribution in [3.63, 3.8) is 0 Å². The second-order valence-corrected chi connectivity index (χ2v) is 11.5. The maximum absolute atomic E-state index is 11.8. The molecule has 9 heteroatoms. The molecule has 0 rings (SSSR count). The Morgan fingerprint density at radius 2 is 0.750 bits per heavy atom. The molecule has 0 heterocycles. The van der Waals surface area contributed by atoms with Crippen LogP contribution < -0.4 is 0 Å². The molecule has 0 amide bonds. The van der Waals surface area contributed by atoms with Crippen molar-refractivity contribution in [1.82, 2.24) is 0 Å². The third kappa shape index (κ3) is 37.4. The average Bonchev–Trinajstić information content (AvgIpc) is 3.03. The predicted octanol–water partition coefficient (Wildman–Crippen LogP) is 7.17. The van der Waals surface area contributed by atoms with E-state index in [2.05, 4.69) is 20.8 Å². The molecule has 0 aliphatic carbocycles. The standard InChI is InChI=1S/C35H70O9/c1-4-6-7-8-9-10-11-12-13-14-15-16-17-18-35(36)44-32-31-42-28-27-40-24-23-38-20-19-37-21-22-39-25-26-41-29-30-43-33-34(3)5-2/h34H,4-33H2,1-3H3. The minimum absolute atomic E-state index is 0.124. The Hall–Kier alpha value is -0.810. The molecule has 0 fully saturated rings. The highest BCUT2D eigenvalue weighted by Gasteiger charge is 2.03. The molecule has 264 valence electrons. The monoisotopic (exact) mass is 635 g/mol. The number of ether oxygens (including phenoxy) is 8. The van der Waals surface area contributed by atoms with Crippen molar-refractivity contribution in [2.75, 3.05) is 99.1 Å². The van der Waals surface area contributed by atoms with Gasteiger partial charge in [-0.2, -0.15) is 0 Å². The lowest BCUT2D eigenvalue weighted by atomic mass is 10.0. The highest BCUT2D eigenvalue weighted by atomic mass is 16.6. The summed E-state index contributed by atoms with van der Waals surface area (Å²) in [6.45, 7) is 14.5. The van der Waals surface area contributed by atoms with E-state index < -0.39 is 0 Å². The summed E-state index contributed by atoms with van der Waals surface area (Å²) in [5.74, 6) is 0.475. The van der Waals surface area contributed by atoms with E-state index in [1.165, 1.54) is 70.6 Å². The van der Waals surface area contributed by atoms with Crippen molar-refractivity contribution in [2.24, 2.45) is 5.92 Å². The van der Waals surface area contributed by atoms with Crippen LogP contribution in [0.5, 0.6) is 0 Å². The van der Waals surface area contributed by atoms with Crippen LogP contribution in [0.1, 0.15) is 117 Å². The number of hydrogen-bond donors (Lipinski definition) is 0. The SMILES string of the molecule is CCCCCCCCCCCCCCCC(=O)OCCOCCOCCOCCOCCOCCOCCOCC(C)CC. The number of esters is 1. The Morgan fingerprint density at radius 3 is 1.11 bits per heavy atom. The summed E-state index contributed by atoms with van der Waals surface area (Å²) in [4.78, 5) is 11.8. The van der Waals surface area contributed by atoms with Gasteiger partial charge in [0.2, 0.25) is 0 Å². The van der Waals surface area contributed by atoms with E-state index in [-0.39, 0.29) is 5.97 Å². The molecule has 0 aliphatic rings. The zero-order valence-electron chi connectivity index (χ0n) is 29.0. The van der Waals surface area contributed by atoms with Gasteiger partial charge in [0.25, 0.3) is 0 Å². The molecule has 0 N–H and O–H groups in total. The Bertz CT molecular complexity index is 550. The Labute approximate surface area is 270 Å². The molecule has 9 nitrogen and oxygen atoms in total. The molecule has 0 spiro atoms. The zero-order chi connectivity index (χ0) is 32.0.